The summed E-state index contributed by atoms with van der Waals surface area (Å²) in [5, 5.41) is 0.730. The molecule has 2 N–H and O–H groups in total. The number of rotatable bonds is 3. The van der Waals surface area contributed by atoms with Crippen LogP contribution in [0.5, 0.6) is 0 Å². The third kappa shape index (κ3) is 1.95. The predicted octanol–water partition coefficient (Wildman–Crippen LogP) is 0.702. The quantitative estimate of drug-likeness (QED) is 0.890. The Morgan fingerprint density at radius 3 is 2.72 bits per heavy atom. The van der Waals surface area contributed by atoms with Crippen molar-refractivity contribution in [2.45, 2.75) is 13.0 Å². The van der Waals surface area contributed by atoms with Crippen LogP contribution in [-0.4, -0.2) is 15.7 Å². The molecule has 0 atom stereocenters. The molecule has 2 rings (SSSR count). The van der Waals surface area contributed by atoms with Gasteiger partial charge in [0.1, 0.15) is 0 Å². The summed E-state index contributed by atoms with van der Waals surface area (Å²) in [4.78, 5) is 24.3. The number of benzene rings is 1. The minimum atomic E-state index is -0.354. The van der Waals surface area contributed by atoms with E-state index in [2.05, 4.69) is 0 Å². The maximum atomic E-state index is 12.3. The molecule has 0 bridgehead atoms. The van der Waals surface area contributed by atoms with Gasteiger partial charge in [-0.05, 0) is 25.1 Å². The van der Waals surface area contributed by atoms with E-state index >= 15 is 0 Å². The Labute approximate surface area is 108 Å². The average Bonchev–Trinajstić information content (AvgIpc) is 2.36. The van der Waals surface area contributed by atoms with E-state index in [0.29, 0.717) is 35.4 Å². The van der Waals surface area contributed by atoms with Gasteiger partial charge in [0, 0.05) is 13.6 Å². The first-order valence-corrected chi connectivity index (χ1v) is 6.04. The van der Waals surface area contributed by atoms with E-state index in [0.717, 1.165) is 0 Å². The van der Waals surface area contributed by atoms with Crippen molar-refractivity contribution in [2.75, 3.05) is 6.54 Å². The molecule has 0 spiro atoms. The molecule has 0 unspecified atom stereocenters. The summed E-state index contributed by atoms with van der Waals surface area (Å²) < 4.78 is 2.61. The molecule has 0 fully saturated rings. The van der Waals surface area contributed by atoms with Gasteiger partial charge in [0.2, 0.25) is 0 Å². The summed E-state index contributed by atoms with van der Waals surface area (Å²) in [5.74, 6) is 0. The number of halogens is 1. The molecule has 0 radical (unpaired) electrons. The lowest BCUT2D eigenvalue weighted by Crippen LogP contribution is -2.39. The third-order valence-electron chi connectivity index (χ3n) is 2.92. The van der Waals surface area contributed by atoms with Crippen LogP contribution in [0.2, 0.25) is 5.02 Å². The van der Waals surface area contributed by atoms with Crippen molar-refractivity contribution in [1.82, 2.24) is 9.13 Å². The predicted molar refractivity (Wildman–Crippen MR) is 72.1 cm³/mol. The van der Waals surface area contributed by atoms with Gasteiger partial charge in [-0.1, -0.05) is 17.7 Å². The van der Waals surface area contributed by atoms with E-state index in [1.54, 1.807) is 25.2 Å². The van der Waals surface area contributed by atoms with Crippen LogP contribution in [0, 0.1) is 0 Å². The molecule has 0 aliphatic carbocycles. The van der Waals surface area contributed by atoms with Crippen LogP contribution in [-0.2, 0) is 13.6 Å². The van der Waals surface area contributed by atoms with E-state index in [1.165, 1.54) is 9.13 Å². The highest BCUT2D eigenvalue weighted by molar-refractivity contribution is 6.35. The molecule has 18 heavy (non-hydrogen) atoms. The van der Waals surface area contributed by atoms with Crippen molar-refractivity contribution < 1.29 is 0 Å². The van der Waals surface area contributed by atoms with Crippen LogP contribution in [0.15, 0.2) is 27.8 Å². The highest BCUT2D eigenvalue weighted by Crippen LogP contribution is 2.18. The Morgan fingerprint density at radius 2 is 2.06 bits per heavy atom. The molecular weight excluding hydrogens is 254 g/mol. The zero-order valence-corrected chi connectivity index (χ0v) is 10.8. The zero-order chi connectivity index (χ0) is 13.3. The maximum absolute atomic E-state index is 12.3. The monoisotopic (exact) mass is 267 g/mol. The van der Waals surface area contributed by atoms with Gasteiger partial charge in [0.25, 0.3) is 5.56 Å². The number of fused-ring (bicyclic) bond motifs is 1. The lowest BCUT2D eigenvalue weighted by Gasteiger charge is -2.10. The highest BCUT2D eigenvalue weighted by atomic mass is 35.5. The molecule has 0 saturated heterocycles. The molecular formula is C12H14ClN3O2. The van der Waals surface area contributed by atoms with Crippen LogP contribution in [0.1, 0.15) is 6.42 Å². The lowest BCUT2D eigenvalue weighted by atomic mass is 10.2. The second kappa shape index (κ2) is 4.96. The largest absolute Gasteiger partial charge is 0.331 e. The minimum absolute atomic E-state index is 0.309. The van der Waals surface area contributed by atoms with Crippen LogP contribution in [0.3, 0.4) is 0 Å². The van der Waals surface area contributed by atoms with Crippen molar-refractivity contribution in [2.24, 2.45) is 12.8 Å². The van der Waals surface area contributed by atoms with Gasteiger partial charge in [-0.15, -0.1) is 0 Å². The summed E-state index contributed by atoms with van der Waals surface area (Å²) in [6.45, 7) is 0.735. The molecule has 96 valence electrons. The number of aromatic nitrogens is 2. The van der Waals surface area contributed by atoms with Crippen LogP contribution in [0.4, 0.5) is 0 Å². The van der Waals surface area contributed by atoms with Crippen molar-refractivity contribution in [1.29, 1.82) is 0 Å². The van der Waals surface area contributed by atoms with Crippen LogP contribution in [0.25, 0.3) is 10.9 Å². The molecule has 6 heteroatoms. The Kier molecular flexibility index (Phi) is 3.54. The number of hydrogen-bond acceptors (Lipinski definition) is 3. The summed E-state index contributed by atoms with van der Waals surface area (Å²) >= 11 is 6.04. The average molecular weight is 268 g/mol. The first-order valence-electron chi connectivity index (χ1n) is 5.66. The molecule has 1 aromatic carbocycles. The standard InChI is InChI=1S/C12H14ClN3O2/c1-15-9-5-2-4-8(13)10(9)11(17)16(12(15)18)7-3-6-14/h2,4-5H,3,6-7,14H2,1H3. The SMILES string of the molecule is Cn1c(=O)n(CCCN)c(=O)c2c(Cl)cccc21. The van der Waals surface area contributed by atoms with Gasteiger partial charge in [-0.25, -0.2) is 4.79 Å². The van der Waals surface area contributed by atoms with E-state index in [1.807, 2.05) is 0 Å². The smallest absolute Gasteiger partial charge is 0.330 e. The van der Waals surface area contributed by atoms with Crippen LogP contribution < -0.4 is 17.0 Å². The van der Waals surface area contributed by atoms with Crippen molar-refractivity contribution in [3.63, 3.8) is 0 Å². The maximum Gasteiger partial charge on any atom is 0.331 e. The second-order valence-electron chi connectivity index (χ2n) is 4.07. The first kappa shape index (κ1) is 12.9. The Balaban J connectivity index is 2.86. The van der Waals surface area contributed by atoms with Crippen molar-refractivity contribution in [3.8, 4) is 0 Å². The van der Waals surface area contributed by atoms with Crippen molar-refractivity contribution in [3.05, 3.63) is 44.1 Å². The van der Waals surface area contributed by atoms with E-state index in [4.69, 9.17) is 17.3 Å². The Hall–Kier alpha value is -1.59. The number of nitrogens with zero attached hydrogens (tertiary/aromatic N) is 2. The van der Waals surface area contributed by atoms with E-state index in [9.17, 15) is 9.59 Å². The van der Waals surface area contributed by atoms with Gasteiger partial charge in [-0.3, -0.25) is 13.9 Å². The number of hydrogen-bond donors (Lipinski definition) is 1. The molecule has 5 nitrogen and oxygen atoms in total. The summed E-state index contributed by atoms with van der Waals surface area (Å²) in [6, 6.07) is 5.06. The second-order valence-corrected chi connectivity index (χ2v) is 4.48. The van der Waals surface area contributed by atoms with E-state index < -0.39 is 0 Å². The number of aryl methyl sites for hydroxylation is 1. The zero-order valence-electron chi connectivity index (χ0n) is 10.0. The summed E-state index contributed by atoms with van der Waals surface area (Å²) in [7, 11) is 1.62. The van der Waals surface area contributed by atoms with Gasteiger partial charge in [-0.2, -0.15) is 0 Å². The van der Waals surface area contributed by atoms with Gasteiger partial charge in [0.05, 0.1) is 15.9 Å². The Bertz CT molecular complexity index is 703. The normalized spacial score (nSPS) is 11.1. The molecule has 0 amide bonds. The molecule has 2 aromatic rings. The van der Waals surface area contributed by atoms with Gasteiger partial charge >= 0.3 is 5.69 Å². The fraction of sp³-hybridized carbons (Fsp3) is 0.333. The lowest BCUT2D eigenvalue weighted by molar-refractivity contribution is 0.579. The van der Waals surface area contributed by atoms with Crippen molar-refractivity contribution >= 4 is 22.5 Å². The topological polar surface area (TPSA) is 70.0 Å². The molecule has 0 aliphatic heterocycles. The van der Waals surface area contributed by atoms with Crippen LogP contribution >= 0.6 is 11.6 Å². The fourth-order valence-electron chi connectivity index (χ4n) is 1.96. The molecule has 1 aromatic heterocycles. The van der Waals surface area contributed by atoms with Gasteiger partial charge < -0.3 is 5.73 Å². The minimum Gasteiger partial charge on any atom is -0.330 e. The van der Waals surface area contributed by atoms with Gasteiger partial charge in [0.15, 0.2) is 0 Å². The molecule has 1 heterocycles. The number of nitrogens with two attached hydrogens (primary N) is 1. The Morgan fingerprint density at radius 1 is 1.33 bits per heavy atom. The van der Waals surface area contributed by atoms with E-state index in [-0.39, 0.29) is 11.2 Å². The molecule has 0 aliphatic rings. The molecule has 0 saturated carbocycles. The summed E-state index contributed by atoms with van der Waals surface area (Å²) in [5.41, 5.74) is 5.25. The third-order valence-corrected chi connectivity index (χ3v) is 3.23. The summed E-state index contributed by atoms with van der Waals surface area (Å²) in [6.07, 6.45) is 0.575. The first-order chi connectivity index (χ1) is 8.57. The fourth-order valence-corrected chi connectivity index (χ4v) is 2.21. The highest BCUT2D eigenvalue weighted by Gasteiger charge is 2.12.